The van der Waals surface area contributed by atoms with Crippen LogP contribution in [0.3, 0.4) is 0 Å². The smallest absolute Gasteiger partial charge is 0.166 e. The first-order valence-electron chi connectivity index (χ1n) is 6.59. The molecule has 0 radical (unpaired) electrons. The highest BCUT2D eigenvalue weighted by atomic mass is 19.1. The normalized spacial score (nSPS) is 13.2. The fraction of sp³-hybridized carbons (Fsp3) is 0.562. The van der Waals surface area contributed by atoms with Gasteiger partial charge in [-0.3, -0.25) is 4.79 Å². The Morgan fingerprint density at radius 2 is 2.00 bits per heavy atom. The van der Waals surface area contributed by atoms with Gasteiger partial charge in [0.1, 0.15) is 11.6 Å². The molecule has 0 saturated heterocycles. The standard InChI is InChI=1S/C16H23FO2/c1-11(10-16(2,3)4)8-14(18)13-7-6-12(17)9-15(13)19-5/h6-7,9,11H,8,10H2,1-5H3. The van der Waals surface area contributed by atoms with E-state index >= 15 is 0 Å². The molecule has 0 aromatic heterocycles. The lowest BCUT2D eigenvalue weighted by molar-refractivity contribution is 0.0951. The molecular weight excluding hydrogens is 243 g/mol. The molecule has 0 aliphatic heterocycles. The molecule has 0 N–H and O–H groups in total. The molecule has 2 nitrogen and oxygen atoms in total. The number of hydrogen-bond donors (Lipinski definition) is 0. The number of ketones is 1. The summed E-state index contributed by atoms with van der Waals surface area (Å²) in [6, 6.07) is 4.05. The molecule has 1 aromatic carbocycles. The number of rotatable bonds is 5. The lowest BCUT2D eigenvalue weighted by atomic mass is 9.83. The zero-order valence-corrected chi connectivity index (χ0v) is 12.4. The Balaban J connectivity index is 2.78. The van der Waals surface area contributed by atoms with Crippen LogP contribution >= 0.6 is 0 Å². The topological polar surface area (TPSA) is 26.3 Å². The van der Waals surface area contributed by atoms with Crippen LogP contribution in [-0.2, 0) is 0 Å². The van der Waals surface area contributed by atoms with Gasteiger partial charge in [-0.1, -0.05) is 27.7 Å². The van der Waals surface area contributed by atoms with Crippen LogP contribution in [0.1, 0.15) is 50.9 Å². The second kappa shape index (κ2) is 6.18. The zero-order chi connectivity index (χ0) is 14.6. The van der Waals surface area contributed by atoms with E-state index in [1.165, 1.54) is 25.3 Å². The number of hydrogen-bond acceptors (Lipinski definition) is 2. The number of Topliss-reactive ketones (excluding diaryl/α,β-unsaturated/α-hetero) is 1. The van der Waals surface area contributed by atoms with Crippen LogP contribution < -0.4 is 4.74 Å². The summed E-state index contributed by atoms with van der Waals surface area (Å²) >= 11 is 0. The summed E-state index contributed by atoms with van der Waals surface area (Å²) in [4.78, 5) is 12.2. The van der Waals surface area contributed by atoms with Crippen molar-refractivity contribution in [3.63, 3.8) is 0 Å². The van der Waals surface area contributed by atoms with Crippen molar-refractivity contribution in [3.05, 3.63) is 29.6 Å². The van der Waals surface area contributed by atoms with Crippen LogP contribution in [0.25, 0.3) is 0 Å². The molecule has 0 spiro atoms. The van der Waals surface area contributed by atoms with Gasteiger partial charge in [0.25, 0.3) is 0 Å². The van der Waals surface area contributed by atoms with Gasteiger partial charge in [-0.2, -0.15) is 0 Å². The summed E-state index contributed by atoms with van der Waals surface area (Å²) in [5, 5.41) is 0. The third-order valence-electron chi connectivity index (χ3n) is 2.96. The minimum atomic E-state index is -0.392. The van der Waals surface area contributed by atoms with Gasteiger partial charge in [-0.05, 0) is 29.9 Å². The number of carbonyl (C=O) groups is 1. The first kappa shape index (κ1) is 15.7. The van der Waals surface area contributed by atoms with Crippen molar-refractivity contribution in [2.75, 3.05) is 7.11 Å². The molecule has 106 valence electrons. The van der Waals surface area contributed by atoms with Gasteiger partial charge in [0.15, 0.2) is 5.78 Å². The van der Waals surface area contributed by atoms with Crippen LogP contribution in [0.15, 0.2) is 18.2 Å². The minimum Gasteiger partial charge on any atom is -0.496 e. The fourth-order valence-corrected chi connectivity index (χ4v) is 2.44. The average Bonchev–Trinajstić information content (AvgIpc) is 2.25. The molecule has 0 aliphatic carbocycles. The molecule has 0 aliphatic rings. The number of methoxy groups -OCH3 is 1. The Morgan fingerprint density at radius 3 is 2.53 bits per heavy atom. The van der Waals surface area contributed by atoms with Crippen molar-refractivity contribution in [3.8, 4) is 5.75 Å². The number of halogens is 1. The third-order valence-corrected chi connectivity index (χ3v) is 2.96. The van der Waals surface area contributed by atoms with Crippen molar-refractivity contribution in [2.45, 2.75) is 40.5 Å². The highest BCUT2D eigenvalue weighted by Gasteiger charge is 2.20. The Hall–Kier alpha value is -1.38. The molecule has 1 atom stereocenters. The Kier molecular flexibility index (Phi) is 5.10. The summed E-state index contributed by atoms with van der Waals surface area (Å²) < 4.78 is 18.2. The van der Waals surface area contributed by atoms with E-state index in [2.05, 4.69) is 27.7 Å². The van der Waals surface area contributed by atoms with E-state index in [0.29, 0.717) is 23.7 Å². The molecule has 0 bridgehead atoms. The molecule has 19 heavy (non-hydrogen) atoms. The number of carbonyl (C=O) groups excluding carboxylic acids is 1. The van der Waals surface area contributed by atoms with Gasteiger partial charge < -0.3 is 4.74 Å². The SMILES string of the molecule is COc1cc(F)ccc1C(=O)CC(C)CC(C)(C)C. The van der Waals surface area contributed by atoms with E-state index in [1.807, 2.05) is 0 Å². The lowest BCUT2D eigenvalue weighted by Crippen LogP contribution is -2.15. The van der Waals surface area contributed by atoms with Gasteiger partial charge in [-0.25, -0.2) is 4.39 Å². The fourth-order valence-electron chi connectivity index (χ4n) is 2.44. The van der Waals surface area contributed by atoms with Crippen LogP contribution in [-0.4, -0.2) is 12.9 Å². The summed E-state index contributed by atoms with van der Waals surface area (Å²) in [7, 11) is 1.45. The van der Waals surface area contributed by atoms with Gasteiger partial charge in [0, 0.05) is 12.5 Å². The number of benzene rings is 1. The molecule has 0 fully saturated rings. The Morgan fingerprint density at radius 1 is 1.37 bits per heavy atom. The number of ether oxygens (including phenoxy) is 1. The predicted molar refractivity (Wildman–Crippen MR) is 75.1 cm³/mol. The summed E-state index contributed by atoms with van der Waals surface area (Å²) in [6.07, 6.45) is 1.43. The molecule has 0 heterocycles. The summed E-state index contributed by atoms with van der Waals surface area (Å²) in [6.45, 7) is 8.55. The molecule has 3 heteroatoms. The van der Waals surface area contributed by atoms with Crippen molar-refractivity contribution in [1.82, 2.24) is 0 Å². The first-order valence-corrected chi connectivity index (χ1v) is 6.59. The second-order valence-corrected chi connectivity index (χ2v) is 6.34. The monoisotopic (exact) mass is 266 g/mol. The maximum Gasteiger partial charge on any atom is 0.166 e. The summed E-state index contributed by atoms with van der Waals surface area (Å²) in [5.74, 6) is 0.222. The highest BCUT2D eigenvalue weighted by Crippen LogP contribution is 2.28. The predicted octanol–water partition coefficient (Wildman–Crippen LogP) is 4.48. The largest absolute Gasteiger partial charge is 0.496 e. The third kappa shape index (κ3) is 5.01. The van der Waals surface area contributed by atoms with Gasteiger partial charge in [0.05, 0.1) is 12.7 Å². The average molecular weight is 266 g/mol. The van der Waals surface area contributed by atoms with Crippen LogP contribution in [0.5, 0.6) is 5.75 Å². The van der Waals surface area contributed by atoms with Crippen molar-refractivity contribution in [1.29, 1.82) is 0 Å². The molecular formula is C16H23FO2. The van der Waals surface area contributed by atoms with Crippen LogP contribution in [0.4, 0.5) is 4.39 Å². The van der Waals surface area contributed by atoms with E-state index < -0.39 is 5.82 Å². The van der Waals surface area contributed by atoms with Crippen molar-refractivity contribution >= 4 is 5.78 Å². The summed E-state index contributed by atoms with van der Waals surface area (Å²) in [5.41, 5.74) is 0.664. The molecule has 0 saturated carbocycles. The minimum absolute atomic E-state index is 0.00796. The lowest BCUT2D eigenvalue weighted by Gasteiger charge is -2.22. The van der Waals surface area contributed by atoms with Crippen LogP contribution in [0.2, 0.25) is 0 Å². The van der Waals surface area contributed by atoms with Gasteiger partial charge >= 0.3 is 0 Å². The second-order valence-electron chi connectivity index (χ2n) is 6.34. The maximum atomic E-state index is 13.1. The molecule has 0 amide bonds. The molecule has 1 unspecified atom stereocenters. The van der Waals surface area contributed by atoms with Crippen molar-refractivity contribution in [2.24, 2.45) is 11.3 Å². The molecule has 1 aromatic rings. The zero-order valence-electron chi connectivity index (χ0n) is 12.4. The van der Waals surface area contributed by atoms with E-state index in [9.17, 15) is 9.18 Å². The van der Waals surface area contributed by atoms with Gasteiger partial charge in [0.2, 0.25) is 0 Å². The quantitative estimate of drug-likeness (QED) is 0.734. The molecule has 1 rings (SSSR count). The maximum absolute atomic E-state index is 13.1. The van der Waals surface area contributed by atoms with Crippen molar-refractivity contribution < 1.29 is 13.9 Å². The van der Waals surface area contributed by atoms with E-state index in [1.54, 1.807) is 0 Å². The van der Waals surface area contributed by atoms with Gasteiger partial charge in [-0.15, -0.1) is 0 Å². The Labute approximate surface area is 115 Å². The highest BCUT2D eigenvalue weighted by molar-refractivity contribution is 5.98. The van der Waals surface area contributed by atoms with Crippen LogP contribution in [0, 0.1) is 17.2 Å². The van der Waals surface area contributed by atoms with E-state index in [4.69, 9.17) is 4.74 Å². The Bertz CT molecular complexity index is 447. The van der Waals surface area contributed by atoms with E-state index in [-0.39, 0.29) is 11.2 Å². The first-order chi connectivity index (χ1) is 8.73. The van der Waals surface area contributed by atoms with E-state index in [0.717, 1.165) is 6.42 Å².